The third-order valence-corrected chi connectivity index (χ3v) is 3.64. The van der Waals surface area contributed by atoms with Crippen LogP contribution in [-0.2, 0) is 6.42 Å². The van der Waals surface area contributed by atoms with Crippen molar-refractivity contribution in [3.05, 3.63) is 56.3 Å². The molecule has 0 atom stereocenters. The molecule has 0 saturated heterocycles. The minimum atomic E-state index is -0.347. The lowest BCUT2D eigenvalue weighted by molar-refractivity contribution is -0.384. The number of aryl methyl sites for hydroxylation is 1. The summed E-state index contributed by atoms with van der Waals surface area (Å²) in [6.07, 6.45) is 0.878. The van der Waals surface area contributed by atoms with Crippen molar-refractivity contribution in [2.45, 2.75) is 13.3 Å². The van der Waals surface area contributed by atoms with Crippen molar-refractivity contribution in [2.75, 3.05) is 11.9 Å². The van der Waals surface area contributed by atoms with E-state index in [9.17, 15) is 10.1 Å². The molecule has 18 heavy (non-hydrogen) atoms. The maximum absolute atomic E-state index is 10.9. The van der Waals surface area contributed by atoms with E-state index in [0.717, 1.165) is 12.0 Å². The Hall–Kier alpha value is -1.88. The van der Waals surface area contributed by atoms with Crippen LogP contribution in [0.4, 0.5) is 11.4 Å². The number of benzene rings is 1. The minimum absolute atomic E-state index is 0.140. The average molecular weight is 262 g/mol. The summed E-state index contributed by atoms with van der Waals surface area (Å²) in [7, 11) is 0. The predicted octanol–water partition coefficient (Wildman–Crippen LogP) is 3.62. The highest BCUT2D eigenvalue weighted by Crippen LogP contribution is 2.27. The highest BCUT2D eigenvalue weighted by Gasteiger charge is 2.14. The Morgan fingerprint density at radius 1 is 1.33 bits per heavy atom. The number of hydrogen-bond acceptors (Lipinski definition) is 4. The molecule has 0 bridgehead atoms. The van der Waals surface area contributed by atoms with E-state index in [1.165, 1.54) is 10.9 Å². The normalized spacial score (nSPS) is 10.3. The molecule has 0 saturated carbocycles. The van der Waals surface area contributed by atoms with Gasteiger partial charge < -0.3 is 5.32 Å². The molecular formula is C13H14N2O2S. The smallest absolute Gasteiger partial charge is 0.292 e. The van der Waals surface area contributed by atoms with Crippen molar-refractivity contribution in [2.24, 2.45) is 0 Å². The highest BCUT2D eigenvalue weighted by molar-refractivity contribution is 7.09. The van der Waals surface area contributed by atoms with Crippen LogP contribution in [0.5, 0.6) is 0 Å². The summed E-state index contributed by atoms with van der Waals surface area (Å²) in [5.41, 5.74) is 1.66. The molecule has 0 amide bonds. The van der Waals surface area contributed by atoms with Crippen LogP contribution in [0.3, 0.4) is 0 Å². The van der Waals surface area contributed by atoms with Crippen molar-refractivity contribution < 1.29 is 4.92 Å². The minimum Gasteiger partial charge on any atom is -0.379 e. The average Bonchev–Trinajstić information content (AvgIpc) is 2.84. The summed E-state index contributed by atoms with van der Waals surface area (Å²) in [6.45, 7) is 2.58. The molecule has 1 aromatic carbocycles. The zero-order valence-corrected chi connectivity index (χ0v) is 10.9. The van der Waals surface area contributed by atoms with E-state index < -0.39 is 0 Å². The molecule has 94 valence electrons. The lowest BCUT2D eigenvalue weighted by Crippen LogP contribution is -2.07. The third-order valence-electron chi connectivity index (χ3n) is 2.70. The van der Waals surface area contributed by atoms with Gasteiger partial charge in [-0.25, -0.2) is 0 Å². The van der Waals surface area contributed by atoms with Crippen LogP contribution in [0.2, 0.25) is 0 Å². The number of hydrogen-bond donors (Lipinski definition) is 1. The molecule has 0 radical (unpaired) electrons. The van der Waals surface area contributed by atoms with E-state index in [1.54, 1.807) is 17.4 Å². The van der Waals surface area contributed by atoms with Crippen LogP contribution in [0.1, 0.15) is 10.4 Å². The maximum atomic E-state index is 10.9. The van der Waals surface area contributed by atoms with Crippen LogP contribution in [0.15, 0.2) is 35.7 Å². The van der Waals surface area contributed by atoms with Crippen molar-refractivity contribution in [3.8, 4) is 0 Å². The number of para-hydroxylation sites is 1. The molecule has 2 rings (SSSR count). The molecular weight excluding hydrogens is 248 g/mol. The fourth-order valence-corrected chi connectivity index (χ4v) is 2.51. The molecule has 0 aliphatic heterocycles. The van der Waals surface area contributed by atoms with Gasteiger partial charge in [-0.3, -0.25) is 10.1 Å². The number of nitro benzene ring substituents is 1. The second kappa shape index (κ2) is 5.64. The van der Waals surface area contributed by atoms with Gasteiger partial charge in [-0.05, 0) is 30.4 Å². The molecule has 0 unspecified atom stereocenters. The summed E-state index contributed by atoms with van der Waals surface area (Å²) in [4.78, 5) is 11.9. The van der Waals surface area contributed by atoms with Crippen LogP contribution < -0.4 is 5.32 Å². The number of nitrogens with zero attached hydrogens (tertiary/aromatic N) is 1. The predicted molar refractivity (Wildman–Crippen MR) is 74.3 cm³/mol. The number of nitro groups is 1. The van der Waals surface area contributed by atoms with Crippen LogP contribution >= 0.6 is 11.3 Å². The number of rotatable bonds is 5. The van der Waals surface area contributed by atoms with Crippen LogP contribution in [-0.4, -0.2) is 11.5 Å². The molecule has 1 N–H and O–H groups in total. The molecule has 2 aromatic rings. The maximum Gasteiger partial charge on any atom is 0.292 e. The van der Waals surface area contributed by atoms with Gasteiger partial charge in [0.05, 0.1) is 4.92 Å². The summed E-state index contributed by atoms with van der Waals surface area (Å²) >= 11 is 1.70. The van der Waals surface area contributed by atoms with E-state index >= 15 is 0 Å². The molecule has 1 aromatic heterocycles. The molecule has 0 fully saturated rings. The van der Waals surface area contributed by atoms with Gasteiger partial charge in [0.25, 0.3) is 5.69 Å². The Morgan fingerprint density at radius 2 is 2.17 bits per heavy atom. The highest BCUT2D eigenvalue weighted by atomic mass is 32.1. The first-order valence-corrected chi connectivity index (χ1v) is 6.56. The molecule has 0 spiro atoms. The number of anilines is 1. The summed E-state index contributed by atoms with van der Waals surface area (Å²) in [6, 6.07) is 9.19. The summed E-state index contributed by atoms with van der Waals surface area (Å²) in [5.74, 6) is 0. The van der Waals surface area contributed by atoms with E-state index in [4.69, 9.17) is 0 Å². The standard InChI is InChI=1S/C13H14N2O2S/c1-10-4-2-6-12(15(16)17)13(10)14-8-7-11-5-3-9-18-11/h2-6,9,14H,7-8H2,1H3. The van der Waals surface area contributed by atoms with Crippen molar-refractivity contribution in [1.29, 1.82) is 0 Å². The molecule has 5 heteroatoms. The third kappa shape index (κ3) is 2.87. The SMILES string of the molecule is Cc1cccc([N+](=O)[O-])c1NCCc1cccs1. The molecule has 0 aliphatic carbocycles. The van der Waals surface area contributed by atoms with Crippen LogP contribution in [0, 0.1) is 17.0 Å². The van der Waals surface area contributed by atoms with Gasteiger partial charge in [0, 0.05) is 17.5 Å². The van der Waals surface area contributed by atoms with Crippen molar-refractivity contribution >= 4 is 22.7 Å². The topological polar surface area (TPSA) is 55.2 Å². The van der Waals surface area contributed by atoms with Gasteiger partial charge in [-0.2, -0.15) is 0 Å². The van der Waals surface area contributed by atoms with Gasteiger partial charge >= 0.3 is 0 Å². The largest absolute Gasteiger partial charge is 0.379 e. The van der Waals surface area contributed by atoms with Gasteiger partial charge in [-0.1, -0.05) is 18.2 Å². The molecule has 4 nitrogen and oxygen atoms in total. The Labute approximate surface area is 109 Å². The van der Waals surface area contributed by atoms with E-state index in [1.807, 2.05) is 24.4 Å². The Kier molecular flexibility index (Phi) is 3.94. The van der Waals surface area contributed by atoms with E-state index in [-0.39, 0.29) is 10.6 Å². The Balaban J connectivity index is 2.06. The van der Waals surface area contributed by atoms with E-state index in [0.29, 0.717) is 12.2 Å². The summed E-state index contributed by atoms with van der Waals surface area (Å²) in [5, 5.41) is 16.1. The van der Waals surface area contributed by atoms with E-state index in [2.05, 4.69) is 11.4 Å². The zero-order chi connectivity index (χ0) is 13.0. The fourth-order valence-electron chi connectivity index (χ4n) is 1.80. The fraction of sp³-hybridized carbons (Fsp3) is 0.231. The van der Waals surface area contributed by atoms with Gasteiger partial charge in [0.1, 0.15) is 5.69 Å². The second-order valence-electron chi connectivity index (χ2n) is 3.98. The second-order valence-corrected chi connectivity index (χ2v) is 5.01. The zero-order valence-electron chi connectivity index (χ0n) is 10.1. The Morgan fingerprint density at radius 3 is 2.83 bits per heavy atom. The monoisotopic (exact) mass is 262 g/mol. The van der Waals surface area contributed by atoms with Gasteiger partial charge in [-0.15, -0.1) is 11.3 Å². The first-order chi connectivity index (χ1) is 8.68. The quantitative estimate of drug-likeness (QED) is 0.661. The van der Waals surface area contributed by atoms with Crippen LogP contribution in [0.25, 0.3) is 0 Å². The first kappa shape index (κ1) is 12.6. The first-order valence-electron chi connectivity index (χ1n) is 5.69. The van der Waals surface area contributed by atoms with Gasteiger partial charge in [0.15, 0.2) is 0 Å². The molecule has 0 aliphatic rings. The van der Waals surface area contributed by atoms with Crippen molar-refractivity contribution in [3.63, 3.8) is 0 Å². The van der Waals surface area contributed by atoms with Crippen molar-refractivity contribution in [1.82, 2.24) is 0 Å². The summed E-state index contributed by atoms with van der Waals surface area (Å²) < 4.78 is 0. The Bertz CT molecular complexity index is 538. The molecule has 1 heterocycles. The number of nitrogens with one attached hydrogen (secondary N) is 1. The lowest BCUT2D eigenvalue weighted by atomic mass is 10.1. The van der Waals surface area contributed by atoms with Gasteiger partial charge in [0.2, 0.25) is 0 Å². The number of thiophene rings is 1. The lowest BCUT2D eigenvalue weighted by Gasteiger charge is -2.09.